The molecule has 0 bridgehead atoms. The first-order chi connectivity index (χ1) is 7.70. The molecule has 92 valence electrons. The van der Waals surface area contributed by atoms with E-state index in [1.165, 1.54) is 38.6 Å². The van der Waals surface area contributed by atoms with Crippen LogP contribution in [0.4, 0.5) is 0 Å². The van der Waals surface area contributed by atoms with Crippen LogP contribution in [0.3, 0.4) is 0 Å². The summed E-state index contributed by atoms with van der Waals surface area (Å²) in [5.74, 6) is 0. The Balaban J connectivity index is 1.73. The van der Waals surface area contributed by atoms with Crippen LogP contribution in [-0.2, 0) is 0 Å². The highest BCUT2D eigenvalue weighted by Gasteiger charge is 2.29. The van der Waals surface area contributed by atoms with Crippen LogP contribution in [0.5, 0.6) is 0 Å². The van der Waals surface area contributed by atoms with Gasteiger partial charge in [-0.05, 0) is 32.7 Å². The second-order valence-corrected chi connectivity index (χ2v) is 5.29. The van der Waals surface area contributed by atoms with Gasteiger partial charge in [-0.15, -0.1) is 0 Å². The van der Waals surface area contributed by atoms with E-state index in [4.69, 9.17) is 0 Å². The lowest BCUT2D eigenvalue weighted by atomic mass is 9.91. The summed E-state index contributed by atoms with van der Waals surface area (Å²) < 4.78 is 0. The van der Waals surface area contributed by atoms with Crippen LogP contribution in [0.2, 0.25) is 0 Å². The smallest absolute Gasteiger partial charge is 0.0466 e. The third kappa shape index (κ3) is 2.58. The summed E-state index contributed by atoms with van der Waals surface area (Å²) in [7, 11) is 4.23. The van der Waals surface area contributed by atoms with E-state index in [1.54, 1.807) is 0 Å². The van der Waals surface area contributed by atoms with E-state index >= 15 is 0 Å². The molecule has 0 amide bonds. The molecule has 2 N–H and O–H groups in total. The molecule has 2 fully saturated rings. The summed E-state index contributed by atoms with van der Waals surface area (Å²) in [6, 6.07) is 1.99. The maximum atomic E-state index is 4.04. The number of hydrogen-bond acceptors (Lipinski definition) is 3. The molecule has 1 aliphatic carbocycles. The van der Waals surface area contributed by atoms with Crippen LogP contribution in [0.15, 0.2) is 12.3 Å². The highest BCUT2D eigenvalue weighted by atomic mass is 15.2. The predicted octanol–water partition coefficient (Wildman–Crippen LogP) is 1.32. The van der Waals surface area contributed by atoms with Gasteiger partial charge in [0.25, 0.3) is 0 Å². The van der Waals surface area contributed by atoms with Gasteiger partial charge >= 0.3 is 0 Å². The highest BCUT2D eigenvalue weighted by Crippen LogP contribution is 2.25. The molecule has 16 heavy (non-hydrogen) atoms. The summed E-state index contributed by atoms with van der Waals surface area (Å²) in [6.45, 7) is 5.24. The van der Waals surface area contributed by atoms with Gasteiger partial charge < -0.3 is 15.5 Å². The molecule has 1 aliphatic heterocycles. The zero-order valence-electron chi connectivity index (χ0n) is 10.6. The molecule has 0 aromatic carbocycles. The normalized spacial score (nSPS) is 30.4. The zero-order chi connectivity index (χ0) is 11.5. The van der Waals surface area contributed by atoms with Gasteiger partial charge in [0.1, 0.15) is 0 Å². The molecule has 2 aliphatic rings. The molecule has 2 unspecified atom stereocenters. The molecule has 1 heterocycles. The summed E-state index contributed by atoms with van der Waals surface area (Å²) >= 11 is 0. The Morgan fingerprint density at radius 2 is 2.12 bits per heavy atom. The first-order valence-electron chi connectivity index (χ1n) is 6.53. The van der Waals surface area contributed by atoms with Crippen molar-refractivity contribution in [3.63, 3.8) is 0 Å². The maximum absolute atomic E-state index is 4.04. The van der Waals surface area contributed by atoms with Crippen LogP contribution < -0.4 is 10.6 Å². The lowest BCUT2D eigenvalue weighted by Gasteiger charge is -2.36. The Labute approximate surface area is 99.3 Å². The van der Waals surface area contributed by atoms with Crippen molar-refractivity contribution in [2.24, 2.45) is 0 Å². The molecule has 3 heteroatoms. The summed E-state index contributed by atoms with van der Waals surface area (Å²) in [4.78, 5) is 2.53. The second-order valence-electron chi connectivity index (χ2n) is 5.29. The Morgan fingerprint density at radius 1 is 1.38 bits per heavy atom. The molecule has 0 spiro atoms. The molecular weight excluding hydrogens is 198 g/mol. The van der Waals surface area contributed by atoms with Crippen molar-refractivity contribution in [3.8, 4) is 0 Å². The van der Waals surface area contributed by atoms with Gasteiger partial charge in [-0.1, -0.05) is 13.0 Å². The van der Waals surface area contributed by atoms with Crippen LogP contribution in [0.25, 0.3) is 0 Å². The fourth-order valence-corrected chi connectivity index (χ4v) is 2.74. The van der Waals surface area contributed by atoms with E-state index in [9.17, 15) is 0 Å². The van der Waals surface area contributed by atoms with Crippen molar-refractivity contribution in [2.75, 3.05) is 20.6 Å². The monoisotopic (exact) mass is 223 g/mol. The van der Waals surface area contributed by atoms with E-state index in [-0.39, 0.29) is 0 Å². The molecule has 0 aromatic heterocycles. The fraction of sp³-hybridized carbons (Fsp3) is 0.846. The number of nitrogens with zero attached hydrogens (tertiary/aromatic N) is 1. The largest absolute Gasteiger partial charge is 0.391 e. The van der Waals surface area contributed by atoms with Gasteiger partial charge in [0.15, 0.2) is 0 Å². The van der Waals surface area contributed by atoms with Crippen molar-refractivity contribution >= 4 is 0 Å². The van der Waals surface area contributed by atoms with Crippen LogP contribution in [0, 0.1) is 0 Å². The lowest BCUT2D eigenvalue weighted by Crippen LogP contribution is -2.45. The Morgan fingerprint density at radius 3 is 2.69 bits per heavy atom. The molecule has 2 atom stereocenters. The van der Waals surface area contributed by atoms with Crippen LogP contribution in [-0.4, -0.2) is 43.7 Å². The minimum absolute atomic E-state index is 0.477. The van der Waals surface area contributed by atoms with Gasteiger partial charge in [0.05, 0.1) is 0 Å². The zero-order valence-corrected chi connectivity index (χ0v) is 10.6. The van der Waals surface area contributed by atoms with Gasteiger partial charge in [-0.2, -0.15) is 0 Å². The Hall–Kier alpha value is -0.540. The van der Waals surface area contributed by atoms with Crippen molar-refractivity contribution in [1.82, 2.24) is 15.5 Å². The number of nitrogens with one attached hydrogen (secondary N) is 2. The van der Waals surface area contributed by atoms with E-state index in [0.29, 0.717) is 12.1 Å². The standard InChI is InChI=1S/C13H25N3/c1-10(14-2)13-8-7-11(15-13)9-16(3)12-5-4-6-12/h11-15H,1,4-9H2,2-3H3. The Bertz CT molecular complexity index is 248. The van der Waals surface area contributed by atoms with Gasteiger partial charge in [0, 0.05) is 37.4 Å². The van der Waals surface area contributed by atoms with Crippen molar-refractivity contribution in [2.45, 2.75) is 50.2 Å². The first-order valence-corrected chi connectivity index (χ1v) is 6.53. The average molecular weight is 223 g/mol. The third-order valence-electron chi connectivity index (χ3n) is 4.19. The Kier molecular flexibility index (Phi) is 3.87. The van der Waals surface area contributed by atoms with Gasteiger partial charge in [-0.3, -0.25) is 0 Å². The molecule has 2 rings (SSSR count). The summed E-state index contributed by atoms with van der Waals surface area (Å²) in [5, 5.41) is 6.83. The number of hydrogen-bond donors (Lipinski definition) is 2. The molecule has 0 radical (unpaired) electrons. The second kappa shape index (κ2) is 5.19. The van der Waals surface area contributed by atoms with Gasteiger partial charge in [0.2, 0.25) is 0 Å². The molecular formula is C13H25N3. The molecule has 1 saturated carbocycles. The third-order valence-corrected chi connectivity index (χ3v) is 4.19. The average Bonchev–Trinajstić information content (AvgIpc) is 2.62. The van der Waals surface area contributed by atoms with E-state index in [0.717, 1.165) is 11.7 Å². The summed E-state index contributed by atoms with van der Waals surface area (Å²) in [5.41, 5.74) is 1.13. The summed E-state index contributed by atoms with van der Waals surface area (Å²) in [6.07, 6.45) is 6.73. The first kappa shape index (κ1) is 11.9. The fourth-order valence-electron chi connectivity index (χ4n) is 2.74. The van der Waals surface area contributed by atoms with E-state index in [2.05, 4.69) is 29.2 Å². The van der Waals surface area contributed by atoms with Crippen LogP contribution in [0.1, 0.15) is 32.1 Å². The van der Waals surface area contributed by atoms with Crippen LogP contribution >= 0.6 is 0 Å². The minimum Gasteiger partial charge on any atom is -0.391 e. The number of likely N-dealkylation sites (N-methyl/N-ethyl adjacent to an activating group) is 2. The lowest BCUT2D eigenvalue weighted by molar-refractivity contribution is 0.148. The van der Waals surface area contributed by atoms with E-state index in [1.807, 2.05) is 7.05 Å². The number of rotatable bonds is 5. The van der Waals surface area contributed by atoms with Crippen molar-refractivity contribution < 1.29 is 0 Å². The quantitative estimate of drug-likeness (QED) is 0.736. The van der Waals surface area contributed by atoms with Crippen molar-refractivity contribution in [3.05, 3.63) is 12.3 Å². The van der Waals surface area contributed by atoms with Crippen molar-refractivity contribution in [1.29, 1.82) is 0 Å². The van der Waals surface area contributed by atoms with Gasteiger partial charge in [-0.25, -0.2) is 0 Å². The minimum atomic E-state index is 0.477. The molecule has 0 aromatic rings. The van der Waals surface area contributed by atoms with E-state index < -0.39 is 0 Å². The topological polar surface area (TPSA) is 27.3 Å². The highest BCUT2D eigenvalue weighted by molar-refractivity contribution is 5.06. The predicted molar refractivity (Wildman–Crippen MR) is 68.4 cm³/mol. The molecule has 3 nitrogen and oxygen atoms in total. The SMILES string of the molecule is C=C(NC)C1CCC(CN(C)C2CCC2)N1. The maximum Gasteiger partial charge on any atom is 0.0466 e. The molecule has 1 saturated heterocycles.